The van der Waals surface area contributed by atoms with Gasteiger partial charge in [-0.15, -0.1) is 0 Å². The van der Waals surface area contributed by atoms with Crippen molar-refractivity contribution < 1.29 is 4.42 Å². The molecule has 2 aliphatic heterocycles. The highest BCUT2D eigenvalue weighted by molar-refractivity contribution is 9.10. The summed E-state index contributed by atoms with van der Waals surface area (Å²) >= 11 is 3.70. The third-order valence-electron chi connectivity index (χ3n) is 7.59. The molecule has 0 radical (unpaired) electrons. The molecule has 1 aromatic carbocycles. The van der Waals surface area contributed by atoms with E-state index >= 15 is 0 Å². The zero-order chi connectivity index (χ0) is 25.4. The van der Waals surface area contributed by atoms with E-state index in [1.807, 2.05) is 19.2 Å². The standard InChI is InChI=1S/C28H34BrN7O/c1-19-3-8-23(37-19)18-35-13-15-36(16-14-35)22-6-4-20(5-7-22)27-32-26-25(24(29)17-30-28(26)33-27)31-21-9-11-34(2)12-10-21/h3-8,17,21H,9-16,18H2,1-2H3,(H2,30,31,32,33). The van der Waals surface area contributed by atoms with Gasteiger partial charge in [-0.05, 0) is 92.2 Å². The molecule has 2 N–H and O–H groups in total. The fourth-order valence-corrected chi connectivity index (χ4v) is 5.77. The Morgan fingerprint density at radius 3 is 2.49 bits per heavy atom. The van der Waals surface area contributed by atoms with Crippen molar-refractivity contribution in [1.29, 1.82) is 0 Å². The van der Waals surface area contributed by atoms with Gasteiger partial charge in [-0.25, -0.2) is 9.97 Å². The van der Waals surface area contributed by atoms with Crippen molar-refractivity contribution in [2.24, 2.45) is 0 Å². The van der Waals surface area contributed by atoms with Gasteiger partial charge in [0.25, 0.3) is 0 Å². The van der Waals surface area contributed by atoms with Crippen LogP contribution in [-0.2, 0) is 6.54 Å². The van der Waals surface area contributed by atoms with Crippen LogP contribution in [0.3, 0.4) is 0 Å². The van der Waals surface area contributed by atoms with Crippen LogP contribution in [0.1, 0.15) is 24.4 Å². The summed E-state index contributed by atoms with van der Waals surface area (Å²) in [6.45, 7) is 9.17. The molecule has 5 heterocycles. The van der Waals surface area contributed by atoms with Crippen LogP contribution >= 0.6 is 15.9 Å². The largest absolute Gasteiger partial charge is 0.465 e. The second-order valence-electron chi connectivity index (χ2n) is 10.3. The van der Waals surface area contributed by atoms with Crippen molar-refractivity contribution in [1.82, 2.24) is 24.8 Å². The number of benzene rings is 1. The van der Waals surface area contributed by atoms with E-state index in [9.17, 15) is 0 Å². The molecule has 0 aliphatic carbocycles. The average Bonchev–Trinajstić information content (AvgIpc) is 3.54. The molecule has 6 rings (SSSR count). The van der Waals surface area contributed by atoms with Crippen molar-refractivity contribution in [3.8, 4) is 11.4 Å². The molecule has 0 atom stereocenters. The maximum atomic E-state index is 5.75. The smallest absolute Gasteiger partial charge is 0.180 e. The highest BCUT2D eigenvalue weighted by atomic mass is 79.9. The van der Waals surface area contributed by atoms with Crippen LogP contribution in [-0.4, -0.2) is 77.1 Å². The van der Waals surface area contributed by atoms with Gasteiger partial charge in [0, 0.05) is 49.7 Å². The fraction of sp³-hybridized carbons (Fsp3) is 0.429. The van der Waals surface area contributed by atoms with Crippen LogP contribution in [0.2, 0.25) is 0 Å². The lowest BCUT2D eigenvalue weighted by atomic mass is 10.1. The van der Waals surface area contributed by atoms with Crippen molar-refractivity contribution in [2.45, 2.75) is 32.4 Å². The Kier molecular flexibility index (Phi) is 6.92. The summed E-state index contributed by atoms with van der Waals surface area (Å²) in [7, 11) is 2.19. The molecule has 3 aromatic heterocycles. The Balaban J connectivity index is 1.13. The van der Waals surface area contributed by atoms with E-state index in [0.717, 1.165) is 103 Å². The Hall–Kier alpha value is -2.88. The number of aromatic nitrogens is 3. The number of piperidine rings is 1. The number of pyridine rings is 1. The van der Waals surface area contributed by atoms with E-state index in [-0.39, 0.29) is 0 Å². The zero-order valence-corrected chi connectivity index (χ0v) is 23.1. The lowest BCUT2D eigenvalue weighted by Crippen LogP contribution is -2.45. The van der Waals surface area contributed by atoms with E-state index in [1.165, 1.54) is 5.69 Å². The lowest BCUT2D eigenvalue weighted by Gasteiger charge is -2.35. The first-order chi connectivity index (χ1) is 18.0. The van der Waals surface area contributed by atoms with E-state index in [4.69, 9.17) is 9.40 Å². The summed E-state index contributed by atoms with van der Waals surface area (Å²) in [6, 6.07) is 13.3. The number of halogens is 1. The average molecular weight is 565 g/mol. The molecular weight excluding hydrogens is 530 g/mol. The quantitative estimate of drug-likeness (QED) is 0.337. The molecule has 194 valence electrons. The van der Waals surface area contributed by atoms with Crippen LogP contribution in [0.4, 0.5) is 11.4 Å². The Labute approximate surface area is 226 Å². The summed E-state index contributed by atoms with van der Waals surface area (Å²) in [5.74, 6) is 2.87. The van der Waals surface area contributed by atoms with Crippen molar-refractivity contribution in [3.05, 3.63) is 58.6 Å². The Morgan fingerprint density at radius 2 is 1.78 bits per heavy atom. The number of nitrogens with one attached hydrogen (secondary N) is 2. The number of likely N-dealkylation sites (tertiary alicyclic amines) is 1. The van der Waals surface area contributed by atoms with Gasteiger partial charge in [0.15, 0.2) is 5.65 Å². The molecule has 9 heteroatoms. The molecule has 0 amide bonds. The predicted molar refractivity (Wildman–Crippen MR) is 152 cm³/mol. The summed E-state index contributed by atoms with van der Waals surface area (Å²) in [6.07, 6.45) is 4.11. The number of anilines is 2. The molecule has 2 fully saturated rings. The van der Waals surface area contributed by atoms with Gasteiger partial charge in [0.2, 0.25) is 0 Å². The van der Waals surface area contributed by atoms with Gasteiger partial charge in [0.1, 0.15) is 22.9 Å². The number of furan rings is 1. The monoisotopic (exact) mass is 563 g/mol. The van der Waals surface area contributed by atoms with Gasteiger partial charge >= 0.3 is 0 Å². The fourth-order valence-electron chi connectivity index (χ4n) is 5.35. The molecule has 0 unspecified atom stereocenters. The SMILES string of the molecule is Cc1ccc(CN2CCN(c3ccc(-c4nc5ncc(Br)c(NC6CCN(C)CC6)c5[nH]4)cc3)CC2)o1. The zero-order valence-electron chi connectivity index (χ0n) is 21.5. The minimum absolute atomic E-state index is 0.452. The number of aryl methyl sites for hydroxylation is 1. The number of rotatable bonds is 6. The third-order valence-corrected chi connectivity index (χ3v) is 8.20. The number of hydrogen-bond donors (Lipinski definition) is 2. The summed E-state index contributed by atoms with van der Waals surface area (Å²) in [5, 5.41) is 3.75. The highest BCUT2D eigenvalue weighted by Crippen LogP contribution is 2.33. The molecule has 0 bridgehead atoms. The topological polar surface area (TPSA) is 76.5 Å². The summed E-state index contributed by atoms with van der Waals surface area (Å²) < 4.78 is 6.72. The maximum Gasteiger partial charge on any atom is 0.180 e. The van der Waals surface area contributed by atoms with E-state index in [2.05, 4.69) is 83.3 Å². The highest BCUT2D eigenvalue weighted by Gasteiger charge is 2.21. The van der Waals surface area contributed by atoms with Gasteiger partial charge < -0.3 is 24.5 Å². The number of nitrogens with zero attached hydrogens (tertiary/aromatic N) is 5. The van der Waals surface area contributed by atoms with Crippen molar-refractivity contribution in [2.75, 3.05) is 56.5 Å². The summed E-state index contributed by atoms with van der Waals surface area (Å²) in [4.78, 5) is 20.2. The minimum atomic E-state index is 0.452. The molecule has 2 saturated heterocycles. The first-order valence-corrected chi connectivity index (χ1v) is 13.9. The second kappa shape index (κ2) is 10.5. The second-order valence-corrected chi connectivity index (χ2v) is 11.2. The van der Waals surface area contributed by atoms with Crippen LogP contribution < -0.4 is 10.2 Å². The number of imidazole rings is 1. The Bertz CT molecular complexity index is 1350. The molecule has 0 spiro atoms. The molecule has 37 heavy (non-hydrogen) atoms. The van der Waals surface area contributed by atoms with Gasteiger partial charge in [-0.3, -0.25) is 4.90 Å². The first-order valence-electron chi connectivity index (χ1n) is 13.1. The number of H-pyrrole nitrogens is 1. The molecule has 8 nitrogen and oxygen atoms in total. The molecule has 0 saturated carbocycles. The van der Waals surface area contributed by atoms with E-state index < -0.39 is 0 Å². The molecule has 2 aliphatic rings. The van der Waals surface area contributed by atoms with Crippen LogP contribution in [0.15, 0.2) is 51.5 Å². The number of piperazine rings is 1. The van der Waals surface area contributed by atoms with Gasteiger partial charge in [-0.1, -0.05) is 0 Å². The number of aromatic amines is 1. The maximum absolute atomic E-state index is 5.75. The van der Waals surface area contributed by atoms with Crippen LogP contribution in [0.5, 0.6) is 0 Å². The van der Waals surface area contributed by atoms with E-state index in [0.29, 0.717) is 6.04 Å². The van der Waals surface area contributed by atoms with E-state index in [1.54, 1.807) is 0 Å². The van der Waals surface area contributed by atoms with Gasteiger partial charge in [0.05, 0.1) is 16.7 Å². The van der Waals surface area contributed by atoms with Gasteiger partial charge in [-0.2, -0.15) is 0 Å². The summed E-state index contributed by atoms with van der Waals surface area (Å²) in [5.41, 5.74) is 5.06. The first kappa shape index (κ1) is 24.5. The number of hydrogen-bond acceptors (Lipinski definition) is 7. The minimum Gasteiger partial charge on any atom is -0.465 e. The van der Waals surface area contributed by atoms with Crippen LogP contribution in [0.25, 0.3) is 22.6 Å². The number of fused-ring (bicyclic) bond motifs is 1. The van der Waals surface area contributed by atoms with Crippen LogP contribution in [0, 0.1) is 6.92 Å². The lowest BCUT2D eigenvalue weighted by molar-refractivity contribution is 0.229. The van der Waals surface area contributed by atoms with Crippen molar-refractivity contribution >= 4 is 38.5 Å². The third kappa shape index (κ3) is 5.39. The predicted octanol–water partition coefficient (Wildman–Crippen LogP) is 5.12. The Morgan fingerprint density at radius 1 is 1.03 bits per heavy atom. The normalized spacial score (nSPS) is 18.1. The van der Waals surface area contributed by atoms with Crippen molar-refractivity contribution in [3.63, 3.8) is 0 Å². The molecule has 4 aromatic rings. The molecular formula is C28H34BrN7O.